The molecule has 0 aliphatic heterocycles. The Labute approximate surface area is 114 Å². The molecule has 0 fully saturated rings. The average Bonchev–Trinajstić information content (AvgIpc) is 2.84. The molecule has 0 saturated carbocycles. The van der Waals surface area contributed by atoms with Gasteiger partial charge in [0.05, 0.1) is 0 Å². The van der Waals surface area contributed by atoms with E-state index in [0.29, 0.717) is 10.8 Å². The van der Waals surface area contributed by atoms with Crippen molar-refractivity contribution in [2.24, 2.45) is 0 Å². The fourth-order valence-electron chi connectivity index (χ4n) is 1.37. The summed E-state index contributed by atoms with van der Waals surface area (Å²) in [5, 5.41) is 2.61. The van der Waals surface area contributed by atoms with E-state index in [4.69, 9.17) is 16.3 Å². The van der Waals surface area contributed by atoms with Gasteiger partial charge in [0.1, 0.15) is 5.75 Å². The van der Waals surface area contributed by atoms with Gasteiger partial charge >= 0.3 is 5.97 Å². The van der Waals surface area contributed by atoms with Gasteiger partial charge in [-0.2, -0.15) is 0 Å². The van der Waals surface area contributed by atoms with E-state index < -0.39 is 5.97 Å². The van der Waals surface area contributed by atoms with Gasteiger partial charge in [0.15, 0.2) is 0 Å². The fourth-order valence-corrected chi connectivity index (χ4v) is 2.10. The van der Waals surface area contributed by atoms with E-state index in [-0.39, 0.29) is 0 Å². The molecule has 0 aliphatic rings. The Morgan fingerprint density at radius 2 is 2.22 bits per heavy atom. The summed E-state index contributed by atoms with van der Waals surface area (Å²) in [6.45, 7) is 1.86. The summed E-state index contributed by atoms with van der Waals surface area (Å²) in [5.41, 5.74) is 0.879. The number of benzene rings is 1. The monoisotopic (exact) mass is 278 g/mol. The highest BCUT2D eigenvalue weighted by atomic mass is 35.5. The Hall–Kier alpha value is -1.58. The molecule has 0 atom stereocenters. The molecule has 92 valence electrons. The summed E-state index contributed by atoms with van der Waals surface area (Å²) in [5.74, 6) is 0.0999. The van der Waals surface area contributed by atoms with Crippen molar-refractivity contribution in [3.05, 3.63) is 57.3 Å². The zero-order valence-electron chi connectivity index (χ0n) is 9.72. The van der Waals surface area contributed by atoms with Crippen LogP contribution < -0.4 is 4.74 Å². The number of esters is 1. The highest BCUT2D eigenvalue weighted by Crippen LogP contribution is 2.21. The minimum Gasteiger partial charge on any atom is -0.423 e. The van der Waals surface area contributed by atoms with E-state index in [9.17, 15) is 4.79 Å². The standard InChI is InChI=1S/C14H11ClO2S/c1-10-9-11(4-6-13(10)15)17-14(16)7-5-12-3-2-8-18-12/h2-9H,1H3/b7-5+. The number of rotatable bonds is 3. The number of hydrogen-bond acceptors (Lipinski definition) is 3. The molecule has 0 aliphatic carbocycles. The van der Waals surface area contributed by atoms with Gasteiger partial charge in [0.2, 0.25) is 0 Å². The molecule has 0 spiro atoms. The first-order valence-electron chi connectivity index (χ1n) is 5.35. The van der Waals surface area contributed by atoms with Gasteiger partial charge in [0, 0.05) is 16.0 Å². The van der Waals surface area contributed by atoms with E-state index in [1.54, 1.807) is 35.6 Å². The van der Waals surface area contributed by atoms with Crippen molar-refractivity contribution in [2.75, 3.05) is 0 Å². The summed E-state index contributed by atoms with van der Waals surface area (Å²) in [7, 11) is 0. The molecule has 0 N–H and O–H groups in total. The molecule has 4 heteroatoms. The lowest BCUT2D eigenvalue weighted by molar-refractivity contribution is -0.128. The van der Waals surface area contributed by atoms with Crippen LogP contribution in [0.1, 0.15) is 10.4 Å². The van der Waals surface area contributed by atoms with Crippen LogP contribution >= 0.6 is 22.9 Å². The van der Waals surface area contributed by atoms with Crippen molar-refractivity contribution in [3.63, 3.8) is 0 Å². The van der Waals surface area contributed by atoms with Crippen LogP contribution in [0, 0.1) is 6.92 Å². The summed E-state index contributed by atoms with van der Waals surface area (Å²) >= 11 is 7.46. The summed E-state index contributed by atoms with van der Waals surface area (Å²) in [4.78, 5) is 12.6. The largest absolute Gasteiger partial charge is 0.423 e. The van der Waals surface area contributed by atoms with Gasteiger partial charge < -0.3 is 4.74 Å². The summed E-state index contributed by atoms with van der Waals surface area (Å²) < 4.78 is 5.17. The zero-order chi connectivity index (χ0) is 13.0. The fraction of sp³-hybridized carbons (Fsp3) is 0.0714. The van der Waals surface area contributed by atoms with Crippen LogP contribution in [0.5, 0.6) is 5.75 Å². The molecule has 1 aromatic carbocycles. The first kappa shape index (κ1) is 12.9. The highest BCUT2D eigenvalue weighted by molar-refractivity contribution is 7.10. The quantitative estimate of drug-likeness (QED) is 0.475. The number of hydrogen-bond donors (Lipinski definition) is 0. The number of carbonyl (C=O) groups is 1. The van der Waals surface area contributed by atoms with Crippen LogP contribution in [0.2, 0.25) is 5.02 Å². The molecule has 2 aromatic rings. The lowest BCUT2D eigenvalue weighted by atomic mass is 10.2. The van der Waals surface area contributed by atoms with Gasteiger partial charge in [-0.1, -0.05) is 17.7 Å². The molecule has 0 radical (unpaired) electrons. The van der Waals surface area contributed by atoms with E-state index >= 15 is 0 Å². The van der Waals surface area contributed by atoms with Crippen molar-refractivity contribution < 1.29 is 9.53 Å². The van der Waals surface area contributed by atoms with Crippen LogP contribution in [0.4, 0.5) is 0 Å². The van der Waals surface area contributed by atoms with Crippen LogP contribution in [0.25, 0.3) is 6.08 Å². The van der Waals surface area contributed by atoms with E-state index in [1.165, 1.54) is 6.08 Å². The third-order valence-electron chi connectivity index (χ3n) is 2.27. The normalized spacial score (nSPS) is 10.8. The SMILES string of the molecule is Cc1cc(OC(=O)/C=C/c2cccs2)ccc1Cl. The Bertz CT molecular complexity index is 573. The van der Waals surface area contributed by atoms with Crippen LogP contribution in [0.3, 0.4) is 0 Å². The number of aryl methyl sites for hydroxylation is 1. The zero-order valence-corrected chi connectivity index (χ0v) is 11.3. The average molecular weight is 279 g/mol. The Kier molecular flexibility index (Phi) is 4.18. The first-order valence-corrected chi connectivity index (χ1v) is 6.60. The van der Waals surface area contributed by atoms with Gasteiger partial charge in [-0.05, 0) is 48.2 Å². The second-order valence-electron chi connectivity index (χ2n) is 3.68. The Morgan fingerprint density at radius 3 is 2.89 bits per heavy atom. The maximum atomic E-state index is 11.6. The van der Waals surface area contributed by atoms with Crippen molar-refractivity contribution in [1.82, 2.24) is 0 Å². The topological polar surface area (TPSA) is 26.3 Å². The van der Waals surface area contributed by atoms with E-state index in [2.05, 4.69) is 0 Å². The summed E-state index contributed by atoms with van der Waals surface area (Å²) in [6.07, 6.45) is 3.14. The Balaban J connectivity index is 2.01. The predicted molar refractivity (Wildman–Crippen MR) is 75.2 cm³/mol. The number of ether oxygens (including phenoxy) is 1. The minimum atomic E-state index is -0.398. The Morgan fingerprint density at radius 1 is 1.39 bits per heavy atom. The van der Waals surface area contributed by atoms with Crippen molar-refractivity contribution >= 4 is 35.0 Å². The molecule has 0 bridgehead atoms. The van der Waals surface area contributed by atoms with Crippen LogP contribution in [-0.4, -0.2) is 5.97 Å². The highest BCUT2D eigenvalue weighted by Gasteiger charge is 2.02. The molecule has 2 rings (SSSR count). The van der Waals surface area contributed by atoms with Crippen molar-refractivity contribution in [1.29, 1.82) is 0 Å². The van der Waals surface area contributed by atoms with E-state index in [1.807, 2.05) is 24.4 Å². The first-order chi connectivity index (χ1) is 8.65. The molecular weight excluding hydrogens is 268 g/mol. The third kappa shape index (κ3) is 3.45. The molecular formula is C14H11ClO2S. The van der Waals surface area contributed by atoms with Gasteiger partial charge in [-0.15, -0.1) is 11.3 Å². The van der Waals surface area contributed by atoms with Crippen molar-refractivity contribution in [2.45, 2.75) is 6.92 Å². The van der Waals surface area contributed by atoms with Gasteiger partial charge in [0.25, 0.3) is 0 Å². The lowest BCUT2D eigenvalue weighted by Gasteiger charge is -2.03. The van der Waals surface area contributed by atoms with Crippen LogP contribution in [0.15, 0.2) is 41.8 Å². The van der Waals surface area contributed by atoms with Gasteiger partial charge in [-0.25, -0.2) is 4.79 Å². The maximum absolute atomic E-state index is 11.6. The molecule has 2 nitrogen and oxygen atoms in total. The third-order valence-corrected chi connectivity index (χ3v) is 3.54. The smallest absolute Gasteiger partial charge is 0.336 e. The summed E-state index contributed by atoms with van der Waals surface area (Å²) in [6, 6.07) is 8.98. The molecule has 1 aromatic heterocycles. The van der Waals surface area contributed by atoms with Crippen LogP contribution in [-0.2, 0) is 4.79 Å². The molecule has 0 amide bonds. The van der Waals surface area contributed by atoms with E-state index in [0.717, 1.165) is 10.4 Å². The predicted octanol–water partition coefficient (Wildman–Crippen LogP) is 4.33. The molecule has 0 unspecified atom stereocenters. The van der Waals surface area contributed by atoms with Crippen molar-refractivity contribution in [3.8, 4) is 5.75 Å². The number of thiophene rings is 1. The molecule has 18 heavy (non-hydrogen) atoms. The second kappa shape index (κ2) is 5.85. The molecule has 0 saturated heterocycles. The minimum absolute atomic E-state index is 0.398. The number of halogens is 1. The number of carbonyl (C=O) groups excluding carboxylic acids is 1. The lowest BCUT2D eigenvalue weighted by Crippen LogP contribution is -2.03. The molecule has 1 heterocycles. The second-order valence-corrected chi connectivity index (χ2v) is 5.07. The van der Waals surface area contributed by atoms with Gasteiger partial charge in [-0.3, -0.25) is 0 Å². The maximum Gasteiger partial charge on any atom is 0.336 e.